The summed E-state index contributed by atoms with van der Waals surface area (Å²) in [7, 11) is 1.89. The summed E-state index contributed by atoms with van der Waals surface area (Å²) in [6.07, 6.45) is 1.65. The molecule has 118 valence electrons. The molecule has 0 atom stereocenters. The predicted molar refractivity (Wildman–Crippen MR) is 95.1 cm³/mol. The number of aromatic nitrogens is 5. The first-order chi connectivity index (χ1) is 11.7. The first kappa shape index (κ1) is 15.1. The first-order valence-electron chi connectivity index (χ1n) is 7.25. The van der Waals surface area contributed by atoms with Crippen LogP contribution in [0.5, 0.6) is 0 Å². The van der Waals surface area contributed by atoms with Gasteiger partial charge in [-0.2, -0.15) is 0 Å². The molecule has 5 nitrogen and oxygen atoms in total. The molecule has 24 heavy (non-hydrogen) atoms. The van der Waals surface area contributed by atoms with Crippen molar-refractivity contribution in [1.82, 2.24) is 24.7 Å². The zero-order chi connectivity index (χ0) is 16.5. The minimum Gasteiger partial charge on any atom is -0.311 e. The predicted octanol–water partition coefficient (Wildman–Crippen LogP) is 4.23. The number of rotatable bonds is 3. The van der Waals surface area contributed by atoms with Crippen LogP contribution in [0.15, 0.2) is 65.2 Å². The molecule has 0 saturated carbocycles. The number of halogens is 1. The van der Waals surface area contributed by atoms with E-state index in [2.05, 4.69) is 15.2 Å². The van der Waals surface area contributed by atoms with E-state index in [0.29, 0.717) is 10.2 Å². The van der Waals surface area contributed by atoms with Crippen LogP contribution in [-0.2, 0) is 7.05 Å². The van der Waals surface area contributed by atoms with Crippen molar-refractivity contribution in [2.75, 3.05) is 0 Å². The third-order valence-corrected chi connectivity index (χ3v) is 4.69. The summed E-state index contributed by atoms with van der Waals surface area (Å²) in [5, 5.41) is 10.9. The minimum atomic E-state index is 0.625. The molecule has 0 spiro atoms. The Hall–Kier alpha value is -2.44. The lowest BCUT2D eigenvalue weighted by molar-refractivity contribution is 0.785. The van der Waals surface area contributed by atoms with Gasteiger partial charge in [0.05, 0.1) is 11.2 Å². The summed E-state index contributed by atoms with van der Waals surface area (Å²) >= 11 is 7.55. The van der Waals surface area contributed by atoms with E-state index in [-0.39, 0.29) is 0 Å². The highest BCUT2D eigenvalue weighted by Crippen LogP contribution is 2.32. The van der Waals surface area contributed by atoms with Gasteiger partial charge in [0, 0.05) is 23.0 Å². The molecule has 4 rings (SSSR count). The Morgan fingerprint density at radius 3 is 2.62 bits per heavy atom. The van der Waals surface area contributed by atoms with Crippen LogP contribution in [0.2, 0.25) is 5.02 Å². The van der Waals surface area contributed by atoms with Crippen LogP contribution in [-0.4, -0.2) is 24.7 Å². The second kappa shape index (κ2) is 6.22. The zero-order valence-electron chi connectivity index (χ0n) is 12.7. The second-order valence-electron chi connectivity index (χ2n) is 5.21. The highest BCUT2D eigenvalue weighted by atomic mass is 35.5. The molecule has 2 aromatic heterocycles. The molecule has 0 unspecified atom stereocenters. The van der Waals surface area contributed by atoms with Gasteiger partial charge >= 0.3 is 0 Å². The van der Waals surface area contributed by atoms with Gasteiger partial charge in [0.15, 0.2) is 10.3 Å². The first-order valence-corrected chi connectivity index (χ1v) is 8.45. The Labute approximate surface area is 147 Å². The molecule has 0 fully saturated rings. The molecule has 0 aliphatic heterocycles. The van der Waals surface area contributed by atoms with E-state index < -0.39 is 0 Å². The molecule has 0 bridgehead atoms. The van der Waals surface area contributed by atoms with Gasteiger partial charge < -0.3 is 4.57 Å². The average molecular weight is 354 g/mol. The summed E-state index contributed by atoms with van der Waals surface area (Å²) in [6, 6.07) is 15.7. The van der Waals surface area contributed by atoms with Crippen LogP contribution in [0.1, 0.15) is 0 Å². The van der Waals surface area contributed by atoms with Crippen molar-refractivity contribution in [2.24, 2.45) is 7.05 Å². The summed E-state index contributed by atoms with van der Waals surface area (Å²) in [5.41, 5.74) is 2.72. The number of hydrogen-bond acceptors (Lipinski definition) is 5. The van der Waals surface area contributed by atoms with Crippen molar-refractivity contribution in [3.8, 4) is 11.3 Å². The van der Waals surface area contributed by atoms with Crippen LogP contribution >= 0.6 is 23.4 Å². The van der Waals surface area contributed by atoms with E-state index in [1.807, 2.05) is 60.1 Å². The van der Waals surface area contributed by atoms with E-state index in [1.165, 1.54) is 11.8 Å². The van der Waals surface area contributed by atoms with Gasteiger partial charge in [-0.3, -0.25) is 0 Å². The lowest BCUT2D eigenvalue weighted by Crippen LogP contribution is -1.96. The Kier molecular flexibility index (Phi) is 3.92. The molecule has 0 aliphatic carbocycles. The minimum absolute atomic E-state index is 0.625. The molecular weight excluding hydrogens is 342 g/mol. The fourth-order valence-electron chi connectivity index (χ4n) is 2.39. The van der Waals surface area contributed by atoms with Crippen LogP contribution in [0.3, 0.4) is 0 Å². The molecule has 0 aliphatic rings. The number of benzene rings is 2. The fourth-order valence-corrected chi connectivity index (χ4v) is 3.28. The normalized spacial score (nSPS) is 11.1. The lowest BCUT2D eigenvalue weighted by Gasteiger charge is -2.09. The van der Waals surface area contributed by atoms with Gasteiger partial charge in [-0.15, -0.1) is 10.2 Å². The van der Waals surface area contributed by atoms with Gasteiger partial charge in [0.2, 0.25) is 0 Å². The standard InChI is InChI=1S/C17H12ClN5S/c1-23-10-19-22-17(23)24-16-20-14-8-7-12(18)9-13(14)15(21-16)11-5-3-2-4-6-11/h2-10H,1H3. The molecule has 0 radical (unpaired) electrons. The molecule has 0 amide bonds. The van der Waals surface area contributed by atoms with E-state index in [1.54, 1.807) is 6.33 Å². The van der Waals surface area contributed by atoms with Crippen molar-refractivity contribution in [2.45, 2.75) is 10.3 Å². The zero-order valence-corrected chi connectivity index (χ0v) is 14.3. The van der Waals surface area contributed by atoms with Crippen LogP contribution in [0, 0.1) is 0 Å². The van der Waals surface area contributed by atoms with Crippen molar-refractivity contribution >= 4 is 34.3 Å². The van der Waals surface area contributed by atoms with Gasteiger partial charge in [-0.25, -0.2) is 9.97 Å². The summed E-state index contributed by atoms with van der Waals surface area (Å²) in [6.45, 7) is 0. The maximum absolute atomic E-state index is 6.17. The molecule has 0 saturated heterocycles. The molecule has 2 heterocycles. The Morgan fingerprint density at radius 2 is 1.88 bits per heavy atom. The van der Waals surface area contributed by atoms with Crippen molar-refractivity contribution in [3.05, 3.63) is 59.9 Å². The third kappa shape index (κ3) is 2.86. The maximum atomic E-state index is 6.17. The number of hydrogen-bond donors (Lipinski definition) is 0. The molecule has 4 aromatic rings. The van der Waals surface area contributed by atoms with Crippen molar-refractivity contribution in [3.63, 3.8) is 0 Å². The molecule has 2 aromatic carbocycles. The van der Waals surface area contributed by atoms with Gasteiger partial charge in [-0.1, -0.05) is 41.9 Å². The Bertz CT molecular complexity index is 1020. The van der Waals surface area contributed by atoms with Gasteiger partial charge in [0.1, 0.15) is 6.33 Å². The SMILES string of the molecule is Cn1cnnc1Sc1nc(-c2ccccc2)c2cc(Cl)ccc2n1. The van der Waals surface area contributed by atoms with E-state index in [0.717, 1.165) is 27.3 Å². The molecular formula is C17H12ClN5S. The Morgan fingerprint density at radius 1 is 1.04 bits per heavy atom. The van der Waals surface area contributed by atoms with E-state index >= 15 is 0 Å². The van der Waals surface area contributed by atoms with E-state index in [4.69, 9.17) is 16.6 Å². The average Bonchev–Trinajstić information content (AvgIpc) is 3.00. The van der Waals surface area contributed by atoms with Crippen LogP contribution in [0.25, 0.3) is 22.2 Å². The van der Waals surface area contributed by atoms with Gasteiger partial charge in [0.25, 0.3) is 0 Å². The van der Waals surface area contributed by atoms with Crippen LogP contribution in [0.4, 0.5) is 0 Å². The summed E-state index contributed by atoms with van der Waals surface area (Å²) < 4.78 is 1.84. The largest absolute Gasteiger partial charge is 0.311 e. The molecule has 0 N–H and O–H groups in total. The van der Waals surface area contributed by atoms with Gasteiger partial charge in [-0.05, 0) is 30.0 Å². The smallest absolute Gasteiger partial charge is 0.198 e. The maximum Gasteiger partial charge on any atom is 0.198 e. The summed E-state index contributed by atoms with van der Waals surface area (Å²) in [4.78, 5) is 9.37. The van der Waals surface area contributed by atoms with E-state index in [9.17, 15) is 0 Å². The van der Waals surface area contributed by atoms with Crippen molar-refractivity contribution < 1.29 is 0 Å². The topological polar surface area (TPSA) is 56.5 Å². The second-order valence-corrected chi connectivity index (χ2v) is 6.58. The highest BCUT2D eigenvalue weighted by molar-refractivity contribution is 7.99. The molecule has 7 heteroatoms. The quantitative estimate of drug-likeness (QED) is 0.516. The number of nitrogens with zero attached hydrogens (tertiary/aromatic N) is 5. The number of fused-ring (bicyclic) bond motifs is 1. The third-order valence-electron chi connectivity index (χ3n) is 3.54. The fraction of sp³-hybridized carbons (Fsp3) is 0.0588. The summed E-state index contributed by atoms with van der Waals surface area (Å²) in [5.74, 6) is 0. The lowest BCUT2D eigenvalue weighted by atomic mass is 10.1. The number of aryl methyl sites for hydroxylation is 1. The Balaban J connectivity index is 1.91. The van der Waals surface area contributed by atoms with Crippen molar-refractivity contribution in [1.29, 1.82) is 0 Å². The highest BCUT2D eigenvalue weighted by Gasteiger charge is 2.13. The monoisotopic (exact) mass is 353 g/mol. The van der Waals surface area contributed by atoms with Crippen LogP contribution < -0.4 is 0 Å².